The summed E-state index contributed by atoms with van der Waals surface area (Å²) >= 11 is 0. The number of methoxy groups -OCH3 is 1. The third kappa shape index (κ3) is 3.92. The summed E-state index contributed by atoms with van der Waals surface area (Å²) in [5.41, 5.74) is 6.82. The van der Waals surface area contributed by atoms with Gasteiger partial charge in [0.25, 0.3) is 0 Å². The second-order valence-corrected chi connectivity index (χ2v) is 4.82. The Morgan fingerprint density at radius 1 is 1.53 bits per heavy atom. The van der Waals surface area contributed by atoms with Crippen molar-refractivity contribution in [2.24, 2.45) is 10.7 Å². The number of ether oxygens (including phenoxy) is 1. The highest BCUT2D eigenvalue weighted by atomic mass is 19.1. The molecule has 0 aromatic heterocycles. The number of nitrogens with two attached hydrogens (primary N) is 1. The fraction of sp³-hybridized carbons (Fsp3) is 0.500. The Morgan fingerprint density at radius 3 is 3.00 bits per heavy atom. The Hall–Kier alpha value is -1.62. The summed E-state index contributed by atoms with van der Waals surface area (Å²) in [6, 6.07) is 7.14. The second kappa shape index (κ2) is 6.52. The van der Waals surface area contributed by atoms with Gasteiger partial charge in [-0.25, -0.2) is 4.39 Å². The number of aliphatic imine (C=N–C) groups is 1. The van der Waals surface area contributed by atoms with E-state index in [0.717, 1.165) is 18.4 Å². The van der Waals surface area contributed by atoms with Gasteiger partial charge in [0.2, 0.25) is 0 Å². The van der Waals surface area contributed by atoms with Crippen LogP contribution in [0.25, 0.3) is 0 Å². The van der Waals surface area contributed by atoms with Gasteiger partial charge in [-0.3, -0.25) is 4.99 Å². The zero-order valence-electron chi connectivity index (χ0n) is 11.1. The third-order valence-electron chi connectivity index (χ3n) is 3.39. The summed E-state index contributed by atoms with van der Waals surface area (Å²) in [5, 5.41) is 3.17. The predicted octanol–water partition coefficient (Wildman–Crippen LogP) is 1.62. The smallest absolute Gasteiger partial charge is 0.188 e. The van der Waals surface area contributed by atoms with Crippen molar-refractivity contribution in [1.29, 1.82) is 0 Å². The molecule has 1 saturated carbocycles. The molecule has 4 nitrogen and oxygen atoms in total. The summed E-state index contributed by atoms with van der Waals surface area (Å²) in [6.45, 7) is 1.13. The number of benzene rings is 1. The van der Waals surface area contributed by atoms with Crippen LogP contribution in [0, 0.1) is 5.82 Å². The van der Waals surface area contributed by atoms with E-state index in [0.29, 0.717) is 31.1 Å². The first-order valence-corrected chi connectivity index (χ1v) is 6.50. The number of hydrogen-bond donors (Lipinski definition) is 2. The van der Waals surface area contributed by atoms with Crippen LogP contribution in [-0.4, -0.2) is 32.3 Å². The Morgan fingerprint density at radius 2 is 2.32 bits per heavy atom. The summed E-state index contributed by atoms with van der Waals surface area (Å²) in [4.78, 5) is 4.15. The van der Waals surface area contributed by atoms with E-state index in [1.807, 2.05) is 6.07 Å². The van der Waals surface area contributed by atoms with Crippen molar-refractivity contribution in [2.45, 2.75) is 24.8 Å². The minimum absolute atomic E-state index is 0.172. The van der Waals surface area contributed by atoms with Crippen LogP contribution < -0.4 is 11.1 Å². The van der Waals surface area contributed by atoms with E-state index in [2.05, 4.69) is 10.3 Å². The maximum Gasteiger partial charge on any atom is 0.188 e. The first-order chi connectivity index (χ1) is 9.19. The molecule has 0 unspecified atom stereocenters. The molecule has 1 fully saturated rings. The number of hydrogen-bond acceptors (Lipinski definition) is 2. The first kappa shape index (κ1) is 13.8. The van der Waals surface area contributed by atoms with E-state index in [1.165, 1.54) is 6.07 Å². The summed E-state index contributed by atoms with van der Waals surface area (Å²) < 4.78 is 18.0. The maximum atomic E-state index is 13.1. The minimum atomic E-state index is -0.172. The van der Waals surface area contributed by atoms with Crippen LogP contribution in [0.2, 0.25) is 0 Å². The van der Waals surface area contributed by atoms with Crippen molar-refractivity contribution in [2.75, 3.05) is 20.3 Å². The maximum absolute atomic E-state index is 13.1. The van der Waals surface area contributed by atoms with Gasteiger partial charge in [0.15, 0.2) is 5.96 Å². The topological polar surface area (TPSA) is 59.6 Å². The van der Waals surface area contributed by atoms with E-state index in [-0.39, 0.29) is 5.82 Å². The summed E-state index contributed by atoms with van der Waals surface area (Å²) in [7, 11) is 1.63. The normalized spacial score (nSPS) is 22.9. The fourth-order valence-corrected chi connectivity index (χ4v) is 2.28. The zero-order valence-corrected chi connectivity index (χ0v) is 11.1. The van der Waals surface area contributed by atoms with Gasteiger partial charge >= 0.3 is 0 Å². The quantitative estimate of drug-likeness (QED) is 0.483. The molecule has 0 spiro atoms. The highest BCUT2D eigenvalue weighted by Gasteiger charge is 2.30. The molecule has 0 saturated heterocycles. The Labute approximate surface area is 112 Å². The third-order valence-corrected chi connectivity index (χ3v) is 3.39. The van der Waals surface area contributed by atoms with E-state index in [4.69, 9.17) is 10.5 Å². The van der Waals surface area contributed by atoms with Gasteiger partial charge in [0.1, 0.15) is 5.82 Å². The molecular weight excluding hydrogens is 245 g/mol. The lowest BCUT2D eigenvalue weighted by atomic mass is 9.76. The van der Waals surface area contributed by atoms with Gasteiger partial charge in [0, 0.05) is 13.2 Å². The summed E-state index contributed by atoms with van der Waals surface area (Å²) in [6.07, 6.45) is 1.92. The van der Waals surface area contributed by atoms with Crippen LogP contribution in [0.3, 0.4) is 0 Å². The molecule has 104 valence electrons. The van der Waals surface area contributed by atoms with Crippen LogP contribution >= 0.6 is 0 Å². The van der Waals surface area contributed by atoms with Crippen LogP contribution in [0.1, 0.15) is 24.3 Å². The Kier molecular flexibility index (Phi) is 4.74. The van der Waals surface area contributed by atoms with Crippen molar-refractivity contribution < 1.29 is 9.13 Å². The number of guanidine groups is 1. The monoisotopic (exact) mass is 265 g/mol. The van der Waals surface area contributed by atoms with E-state index in [1.54, 1.807) is 19.2 Å². The molecule has 1 aromatic rings. The van der Waals surface area contributed by atoms with Gasteiger partial charge in [0.05, 0.1) is 13.2 Å². The molecule has 0 radical (unpaired) electrons. The average molecular weight is 265 g/mol. The highest BCUT2D eigenvalue weighted by molar-refractivity contribution is 5.78. The largest absolute Gasteiger partial charge is 0.383 e. The number of rotatable bonds is 5. The summed E-state index contributed by atoms with van der Waals surface area (Å²) in [5.74, 6) is 0.703. The Bertz CT molecular complexity index is 444. The lowest BCUT2D eigenvalue weighted by Gasteiger charge is -2.36. The van der Waals surface area contributed by atoms with Crippen LogP contribution in [0.15, 0.2) is 29.3 Å². The van der Waals surface area contributed by atoms with Crippen molar-refractivity contribution in [3.05, 3.63) is 35.6 Å². The SMILES string of the molecule is COCCN=C(N)NC1CC(c2cccc(F)c2)C1. The van der Waals surface area contributed by atoms with Gasteiger partial charge in [-0.2, -0.15) is 0 Å². The van der Waals surface area contributed by atoms with Crippen molar-refractivity contribution in [3.8, 4) is 0 Å². The van der Waals surface area contributed by atoms with Crippen molar-refractivity contribution in [3.63, 3.8) is 0 Å². The molecule has 0 heterocycles. The van der Waals surface area contributed by atoms with Gasteiger partial charge in [-0.15, -0.1) is 0 Å². The van der Waals surface area contributed by atoms with E-state index < -0.39 is 0 Å². The van der Waals surface area contributed by atoms with Crippen molar-refractivity contribution >= 4 is 5.96 Å². The lowest BCUT2D eigenvalue weighted by molar-refractivity contribution is 0.207. The van der Waals surface area contributed by atoms with E-state index in [9.17, 15) is 4.39 Å². The number of nitrogens with zero attached hydrogens (tertiary/aromatic N) is 1. The van der Waals surface area contributed by atoms with Crippen LogP contribution in [0.4, 0.5) is 4.39 Å². The number of halogens is 1. The standard InChI is InChI=1S/C14H20FN3O/c1-19-6-5-17-14(16)18-13-8-11(9-13)10-3-2-4-12(15)7-10/h2-4,7,11,13H,5-6,8-9H2,1H3,(H3,16,17,18). The van der Waals surface area contributed by atoms with Crippen molar-refractivity contribution in [1.82, 2.24) is 5.32 Å². The fourth-order valence-electron chi connectivity index (χ4n) is 2.28. The van der Waals surface area contributed by atoms with Crippen LogP contribution in [0.5, 0.6) is 0 Å². The van der Waals surface area contributed by atoms with Gasteiger partial charge in [-0.1, -0.05) is 12.1 Å². The molecular formula is C14H20FN3O. The molecule has 1 aliphatic rings. The molecule has 5 heteroatoms. The van der Waals surface area contributed by atoms with Crippen LogP contribution in [-0.2, 0) is 4.74 Å². The van der Waals surface area contributed by atoms with Gasteiger partial charge < -0.3 is 15.8 Å². The molecule has 0 bridgehead atoms. The molecule has 0 atom stereocenters. The molecule has 0 aliphatic heterocycles. The molecule has 3 N–H and O–H groups in total. The van der Waals surface area contributed by atoms with Gasteiger partial charge in [-0.05, 0) is 36.5 Å². The lowest BCUT2D eigenvalue weighted by Crippen LogP contribution is -2.46. The molecule has 2 rings (SSSR count). The average Bonchev–Trinajstić information content (AvgIpc) is 2.33. The second-order valence-electron chi connectivity index (χ2n) is 4.82. The van der Waals surface area contributed by atoms with E-state index >= 15 is 0 Å². The number of nitrogens with one attached hydrogen (secondary N) is 1. The molecule has 1 aliphatic carbocycles. The Balaban J connectivity index is 1.76. The highest BCUT2D eigenvalue weighted by Crippen LogP contribution is 2.36. The first-order valence-electron chi connectivity index (χ1n) is 6.50. The minimum Gasteiger partial charge on any atom is -0.383 e. The zero-order chi connectivity index (χ0) is 13.7. The molecule has 0 amide bonds. The molecule has 19 heavy (non-hydrogen) atoms. The predicted molar refractivity (Wildman–Crippen MR) is 73.7 cm³/mol. The molecule has 1 aromatic carbocycles.